The van der Waals surface area contributed by atoms with Crippen LogP contribution in [0.15, 0.2) is 12.3 Å². The second-order valence-electron chi connectivity index (χ2n) is 2.54. The highest BCUT2D eigenvalue weighted by molar-refractivity contribution is 5.28. The number of hydrogen-bond acceptors (Lipinski definition) is 3. The van der Waals surface area contributed by atoms with Crippen LogP contribution in [0.5, 0.6) is 0 Å². The maximum Gasteiger partial charge on any atom is 0.433 e. The summed E-state index contributed by atoms with van der Waals surface area (Å²) in [5.74, 6) is 5.15. The van der Waals surface area contributed by atoms with Crippen LogP contribution in [-0.4, -0.2) is 16.5 Å². The first-order valence-corrected chi connectivity index (χ1v) is 4.08. The molecule has 3 nitrogen and oxygen atoms in total. The first-order valence-electron chi connectivity index (χ1n) is 4.08. The smallest absolute Gasteiger partial charge is 0.343 e. The summed E-state index contributed by atoms with van der Waals surface area (Å²) in [6.45, 7) is 1.85. The average molecular weight is 215 g/mol. The minimum atomic E-state index is -4.45. The summed E-state index contributed by atoms with van der Waals surface area (Å²) in [5, 5.41) is 2.56. The summed E-state index contributed by atoms with van der Waals surface area (Å²) in [6, 6.07) is 0.816. The number of anilines is 1. The van der Waals surface area contributed by atoms with E-state index in [1.807, 2.05) is 0 Å². The lowest BCUT2D eigenvalue weighted by Gasteiger charge is -2.06. The maximum absolute atomic E-state index is 12.2. The monoisotopic (exact) mass is 215 g/mol. The van der Waals surface area contributed by atoms with E-state index in [-0.39, 0.29) is 12.5 Å². The molecule has 1 aromatic heterocycles. The van der Waals surface area contributed by atoms with Crippen LogP contribution in [0.25, 0.3) is 0 Å². The number of alkyl halides is 3. The molecule has 0 aromatic carbocycles. The van der Waals surface area contributed by atoms with Gasteiger partial charge in [0, 0.05) is 6.20 Å². The molecule has 0 unspecified atom stereocenters. The molecule has 15 heavy (non-hydrogen) atoms. The highest BCUT2D eigenvalue weighted by Gasteiger charge is 2.32. The average Bonchev–Trinajstić information content (AvgIpc) is 2.17. The second-order valence-corrected chi connectivity index (χ2v) is 2.54. The highest BCUT2D eigenvalue weighted by Crippen LogP contribution is 2.27. The first kappa shape index (κ1) is 11.3. The van der Waals surface area contributed by atoms with Crippen molar-refractivity contribution in [3.63, 3.8) is 0 Å². The molecule has 0 amide bonds. The SMILES string of the molecule is CC#CCNc1nccc(C(F)(F)F)n1. The van der Waals surface area contributed by atoms with Gasteiger partial charge in [-0.25, -0.2) is 9.97 Å². The molecule has 0 fully saturated rings. The van der Waals surface area contributed by atoms with Crippen molar-refractivity contribution >= 4 is 5.95 Å². The van der Waals surface area contributed by atoms with Crippen molar-refractivity contribution in [2.75, 3.05) is 11.9 Å². The maximum atomic E-state index is 12.2. The third-order valence-electron chi connectivity index (χ3n) is 1.46. The van der Waals surface area contributed by atoms with Crippen molar-refractivity contribution in [2.24, 2.45) is 0 Å². The molecule has 0 aliphatic heterocycles. The van der Waals surface area contributed by atoms with Crippen molar-refractivity contribution in [3.8, 4) is 11.8 Å². The highest BCUT2D eigenvalue weighted by atomic mass is 19.4. The Hall–Kier alpha value is -1.77. The third kappa shape index (κ3) is 3.46. The number of hydrogen-bond donors (Lipinski definition) is 1. The Morgan fingerprint density at radius 2 is 2.20 bits per heavy atom. The Balaban J connectivity index is 2.77. The molecule has 0 aliphatic carbocycles. The Kier molecular flexibility index (Phi) is 3.50. The fourth-order valence-corrected chi connectivity index (χ4v) is 0.813. The summed E-state index contributed by atoms with van der Waals surface area (Å²) < 4.78 is 36.6. The van der Waals surface area contributed by atoms with Gasteiger partial charge in [-0.3, -0.25) is 0 Å². The van der Waals surface area contributed by atoms with E-state index in [1.54, 1.807) is 6.92 Å². The molecule has 1 N–H and O–H groups in total. The van der Waals surface area contributed by atoms with Crippen LogP contribution in [0.4, 0.5) is 19.1 Å². The predicted octanol–water partition coefficient (Wildman–Crippen LogP) is 1.93. The number of aromatic nitrogens is 2. The minimum Gasteiger partial charge on any atom is -0.343 e. The summed E-state index contributed by atoms with van der Waals surface area (Å²) >= 11 is 0. The van der Waals surface area contributed by atoms with Crippen LogP contribution in [0.1, 0.15) is 12.6 Å². The number of halogens is 3. The number of nitrogens with zero attached hydrogens (tertiary/aromatic N) is 2. The van der Waals surface area contributed by atoms with E-state index in [4.69, 9.17) is 0 Å². The summed E-state index contributed by atoms with van der Waals surface area (Å²) in [5.41, 5.74) is -0.968. The van der Waals surface area contributed by atoms with Crippen molar-refractivity contribution in [2.45, 2.75) is 13.1 Å². The van der Waals surface area contributed by atoms with Crippen LogP contribution in [-0.2, 0) is 6.18 Å². The lowest BCUT2D eigenvalue weighted by molar-refractivity contribution is -0.141. The molecule has 80 valence electrons. The Morgan fingerprint density at radius 1 is 1.47 bits per heavy atom. The van der Waals surface area contributed by atoms with Crippen molar-refractivity contribution in [3.05, 3.63) is 18.0 Å². The van der Waals surface area contributed by atoms with Gasteiger partial charge in [0.15, 0.2) is 0 Å². The Bertz CT molecular complexity index is 390. The molecule has 1 heterocycles. The number of nitrogens with one attached hydrogen (secondary N) is 1. The quantitative estimate of drug-likeness (QED) is 0.766. The summed E-state index contributed by atoms with van der Waals surface area (Å²) in [6.07, 6.45) is -3.40. The topological polar surface area (TPSA) is 37.8 Å². The molecule has 0 saturated heterocycles. The van der Waals surface area contributed by atoms with Gasteiger partial charge in [0.1, 0.15) is 5.69 Å². The van der Waals surface area contributed by atoms with Gasteiger partial charge in [0.2, 0.25) is 5.95 Å². The Morgan fingerprint density at radius 3 is 2.80 bits per heavy atom. The largest absolute Gasteiger partial charge is 0.433 e. The van der Waals surface area contributed by atoms with E-state index in [0.717, 1.165) is 12.3 Å². The van der Waals surface area contributed by atoms with Gasteiger partial charge in [0.05, 0.1) is 6.54 Å². The zero-order valence-corrected chi connectivity index (χ0v) is 7.89. The van der Waals surface area contributed by atoms with Gasteiger partial charge in [-0.15, -0.1) is 5.92 Å². The standard InChI is InChI=1S/C9H8F3N3/c1-2-3-5-13-8-14-6-4-7(15-8)9(10,11)12/h4,6H,5H2,1H3,(H,13,14,15). The predicted molar refractivity (Wildman–Crippen MR) is 49.0 cm³/mol. The number of rotatable bonds is 2. The fourth-order valence-electron chi connectivity index (χ4n) is 0.813. The molecule has 0 spiro atoms. The van der Waals surface area contributed by atoms with E-state index in [2.05, 4.69) is 27.1 Å². The van der Waals surface area contributed by atoms with Gasteiger partial charge < -0.3 is 5.32 Å². The van der Waals surface area contributed by atoms with Crippen LogP contribution < -0.4 is 5.32 Å². The second kappa shape index (κ2) is 4.64. The van der Waals surface area contributed by atoms with Gasteiger partial charge in [-0.1, -0.05) is 5.92 Å². The fraction of sp³-hybridized carbons (Fsp3) is 0.333. The normalized spacial score (nSPS) is 10.4. The molecular formula is C9H8F3N3. The van der Waals surface area contributed by atoms with E-state index in [9.17, 15) is 13.2 Å². The van der Waals surface area contributed by atoms with Crippen molar-refractivity contribution < 1.29 is 13.2 Å². The van der Waals surface area contributed by atoms with Crippen molar-refractivity contribution in [1.29, 1.82) is 0 Å². The zero-order valence-electron chi connectivity index (χ0n) is 7.89. The van der Waals surface area contributed by atoms with Crippen LogP contribution in [0, 0.1) is 11.8 Å². The van der Waals surface area contributed by atoms with Gasteiger partial charge >= 0.3 is 6.18 Å². The molecule has 6 heteroatoms. The van der Waals surface area contributed by atoms with Crippen LogP contribution in [0.3, 0.4) is 0 Å². The van der Waals surface area contributed by atoms with E-state index in [0.29, 0.717) is 0 Å². The van der Waals surface area contributed by atoms with Crippen LogP contribution >= 0.6 is 0 Å². The molecule has 1 aromatic rings. The van der Waals surface area contributed by atoms with E-state index >= 15 is 0 Å². The first-order chi connectivity index (χ1) is 7.04. The molecule has 0 atom stereocenters. The lowest BCUT2D eigenvalue weighted by atomic mass is 10.4. The third-order valence-corrected chi connectivity index (χ3v) is 1.46. The molecular weight excluding hydrogens is 207 g/mol. The zero-order chi connectivity index (χ0) is 11.3. The van der Waals surface area contributed by atoms with Crippen LogP contribution in [0.2, 0.25) is 0 Å². The Labute approximate surface area is 84.7 Å². The molecule has 0 bridgehead atoms. The molecule has 0 aliphatic rings. The van der Waals surface area contributed by atoms with Gasteiger partial charge in [-0.2, -0.15) is 13.2 Å². The lowest BCUT2D eigenvalue weighted by Crippen LogP contribution is -2.11. The molecule has 1 rings (SSSR count). The van der Waals surface area contributed by atoms with Crippen molar-refractivity contribution in [1.82, 2.24) is 9.97 Å². The molecule has 0 radical (unpaired) electrons. The summed E-state index contributed by atoms with van der Waals surface area (Å²) in [7, 11) is 0. The van der Waals surface area contributed by atoms with Gasteiger partial charge in [-0.05, 0) is 13.0 Å². The molecule has 0 saturated carbocycles. The van der Waals surface area contributed by atoms with E-state index in [1.165, 1.54) is 0 Å². The minimum absolute atomic E-state index is 0.0763. The van der Waals surface area contributed by atoms with Gasteiger partial charge in [0.25, 0.3) is 0 Å². The van der Waals surface area contributed by atoms with E-state index < -0.39 is 11.9 Å². The summed E-state index contributed by atoms with van der Waals surface area (Å²) in [4.78, 5) is 6.94.